The number of fused-ring (bicyclic) bond motifs is 1. The van der Waals surface area contributed by atoms with Crippen LogP contribution >= 0.6 is 0 Å². The molecular weight excluding hydrogens is 438 g/mol. The summed E-state index contributed by atoms with van der Waals surface area (Å²) >= 11 is 0. The van der Waals surface area contributed by atoms with Crippen LogP contribution in [0.3, 0.4) is 0 Å². The van der Waals surface area contributed by atoms with Gasteiger partial charge in [-0.3, -0.25) is 9.78 Å². The molecule has 2 N–H and O–H groups in total. The van der Waals surface area contributed by atoms with E-state index in [1.54, 1.807) is 18.2 Å². The molecule has 0 spiro atoms. The highest BCUT2D eigenvalue weighted by Gasteiger charge is 2.34. The van der Waals surface area contributed by atoms with Gasteiger partial charge in [-0.15, -0.1) is 0 Å². The van der Waals surface area contributed by atoms with E-state index in [1.165, 1.54) is 36.7 Å². The van der Waals surface area contributed by atoms with Crippen molar-refractivity contribution in [2.45, 2.75) is 17.7 Å². The number of methoxy groups -OCH3 is 2. The minimum absolute atomic E-state index is 0.00521. The van der Waals surface area contributed by atoms with E-state index in [4.69, 9.17) is 13.9 Å². The lowest BCUT2D eigenvalue weighted by Gasteiger charge is -2.31. The number of sulfonamides is 1. The number of carbonyl (C=O) groups is 1. The summed E-state index contributed by atoms with van der Waals surface area (Å²) in [6, 6.07) is 9.24. The van der Waals surface area contributed by atoms with Crippen LogP contribution in [-0.4, -0.2) is 50.9 Å². The molecule has 1 saturated heterocycles. The smallest absolute Gasteiger partial charge is 0.417 e. The Morgan fingerprint density at radius 3 is 2.75 bits per heavy atom. The van der Waals surface area contributed by atoms with Gasteiger partial charge in [-0.05, 0) is 37.1 Å². The first-order chi connectivity index (χ1) is 15.3. The van der Waals surface area contributed by atoms with Gasteiger partial charge in [-0.2, -0.15) is 4.31 Å². The maximum atomic E-state index is 13.2. The fraction of sp³-hybridized carbons (Fsp3) is 0.333. The van der Waals surface area contributed by atoms with Gasteiger partial charge in [0.2, 0.25) is 15.9 Å². The Labute approximate surface area is 184 Å². The number of hydrogen-bond donors (Lipinski definition) is 2. The zero-order valence-electron chi connectivity index (χ0n) is 17.6. The highest BCUT2D eigenvalue weighted by molar-refractivity contribution is 7.89. The standard InChI is InChI=1S/C21H23N3O7S/c1-29-14-5-7-16(18(10-14)30-2)22-20(25)13-4-3-9-24(12-13)32(27,28)15-6-8-17-19(11-15)31-21(26)23-17/h5-8,10-11,13H,3-4,9,12H2,1-2H3,(H,22,25)(H,23,26)/t13-/m1/s1. The van der Waals surface area contributed by atoms with Crippen molar-refractivity contribution in [3.8, 4) is 11.5 Å². The molecule has 170 valence electrons. The van der Waals surface area contributed by atoms with Gasteiger partial charge in [0.25, 0.3) is 0 Å². The zero-order chi connectivity index (χ0) is 22.9. The van der Waals surface area contributed by atoms with E-state index < -0.39 is 21.7 Å². The van der Waals surface area contributed by atoms with E-state index >= 15 is 0 Å². The predicted octanol–water partition coefficient (Wildman–Crippen LogP) is 2.18. The Morgan fingerprint density at radius 2 is 2.00 bits per heavy atom. The van der Waals surface area contributed by atoms with Gasteiger partial charge in [0, 0.05) is 25.2 Å². The number of ether oxygens (including phenoxy) is 2. The van der Waals surface area contributed by atoms with Crippen molar-refractivity contribution in [1.29, 1.82) is 0 Å². The summed E-state index contributed by atoms with van der Waals surface area (Å²) in [7, 11) is -0.847. The monoisotopic (exact) mass is 461 g/mol. The van der Waals surface area contributed by atoms with E-state index in [1.807, 2.05) is 0 Å². The number of benzene rings is 2. The third kappa shape index (κ3) is 4.21. The summed E-state index contributed by atoms with van der Waals surface area (Å²) in [6.45, 7) is 0.342. The molecular formula is C21H23N3O7S. The zero-order valence-corrected chi connectivity index (χ0v) is 18.4. The quantitative estimate of drug-likeness (QED) is 0.575. The lowest BCUT2D eigenvalue weighted by molar-refractivity contribution is -0.120. The Balaban J connectivity index is 1.52. The van der Waals surface area contributed by atoms with Crippen molar-refractivity contribution < 1.29 is 27.1 Å². The van der Waals surface area contributed by atoms with Crippen LogP contribution in [-0.2, 0) is 14.8 Å². The fourth-order valence-electron chi connectivity index (χ4n) is 3.75. The first-order valence-electron chi connectivity index (χ1n) is 9.97. The van der Waals surface area contributed by atoms with Crippen molar-refractivity contribution in [3.63, 3.8) is 0 Å². The number of nitrogens with zero attached hydrogens (tertiary/aromatic N) is 1. The number of aromatic nitrogens is 1. The van der Waals surface area contributed by atoms with Gasteiger partial charge < -0.3 is 19.2 Å². The van der Waals surface area contributed by atoms with Gasteiger partial charge in [0.1, 0.15) is 11.5 Å². The first kappa shape index (κ1) is 21.9. The summed E-state index contributed by atoms with van der Waals surface area (Å²) in [5.74, 6) is -0.442. The van der Waals surface area contributed by atoms with Crippen molar-refractivity contribution in [3.05, 3.63) is 46.9 Å². The normalized spacial score (nSPS) is 17.2. The van der Waals surface area contributed by atoms with E-state index in [0.29, 0.717) is 42.1 Å². The van der Waals surface area contributed by atoms with Crippen molar-refractivity contribution in [2.75, 3.05) is 32.6 Å². The molecule has 0 saturated carbocycles. The Kier molecular flexibility index (Phi) is 5.94. The molecule has 1 fully saturated rings. The number of amides is 1. The van der Waals surface area contributed by atoms with E-state index in [2.05, 4.69) is 10.3 Å². The van der Waals surface area contributed by atoms with Crippen LogP contribution in [0.4, 0.5) is 5.69 Å². The molecule has 2 heterocycles. The van der Waals surface area contributed by atoms with Crippen LogP contribution in [0, 0.1) is 5.92 Å². The second-order valence-corrected chi connectivity index (χ2v) is 9.37. The van der Waals surface area contributed by atoms with E-state index in [0.717, 1.165) is 0 Å². The summed E-state index contributed by atoms with van der Waals surface area (Å²) in [5, 5.41) is 2.83. The lowest BCUT2D eigenvalue weighted by atomic mass is 9.98. The number of nitrogens with one attached hydrogen (secondary N) is 2. The first-order valence-corrected chi connectivity index (χ1v) is 11.4. The molecule has 0 aliphatic carbocycles. The number of hydrogen-bond acceptors (Lipinski definition) is 7. The third-order valence-corrected chi connectivity index (χ3v) is 7.31. The highest BCUT2D eigenvalue weighted by Crippen LogP contribution is 2.31. The van der Waals surface area contributed by atoms with Crippen LogP contribution in [0.2, 0.25) is 0 Å². The minimum atomic E-state index is -3.87. The topological polar surface area (TPSA) is 131 Å². The SMILES string of the molecule is COc1ccc(NC(=O)[C@@H]2CCCN(S(=O)(=O)c3ccc4[nH]c(=O)oc4c3)C2)c(OC)c1. The number of rotatable bonds is 6. The molecule has 1 aliphatic heterocycles. The molecule has 1 amide bonds. The second kappa shape index (κ2) is 8.67. The molecule has 10 nitrogen and oxygen atoms in total. The maximum Gasteiger partial charge on any atom is 0.417 e. The molecule has 32 heavy (non-hydrogen) atoms. The van der Waals surface area contributed by atoms with Crippen LogP contribution in [0.1, 0.15) is 12.8 Å². The van der Waals surface area contributed by atoms with Crippen LogP contribution in [0.25, 0.3) is 11.1 Å². The van der Waals surface area contributed by atoms with Crippen molar-refractivity contribution >= 4 is 32.7 Å². The number of H-pyrrole nitrogens is 1. The Hall–Kier alpha value is -3.31. The van der Waals surface area contributed by atoms with Crippen LogP contribution in [0.15, 0.2) is 50.5 Å². The number of oxazole rings is 1. The summed E-state index contributed by atoms with van der Waals surface area (Å²) in [5.41, 5.74) is 1.05. The molecule has 11 heteroatoms. The van der Waals surface area contributed by atoms with E-state index in [9.17, 15) is 18.0 Å². The number of piperidine rings is 1. The molecule has 3 aromatic rings. The highest BCUT2D eigenvalue weighted by atomic mass is 32.2. The summed E-state index contributed by atoms with van der Waals surface area (Å²) in [6.07, 6.45) is 1.10. The molecule has 2 aromatic carbocycles. The van der Waals surface area contributed by atoms with Crippen molar-refractivity contribution in [1.82, 2.24) is 9.29 Å². The average Bonchev–Trinajstić information content (AvgIpc) is 3.18. The van der Waals surface area contributed by atoms with Crippen molar-refractivity contribution in [2.24, 2.45) is 5.92 Å². The second-order valence-electron chi connectivity index (χ2n) is 7.43. The van der Waals surface area contributed by atoms with Gasteiger partial charge in [-0.25, -0.2) is 13.2 Å². The average molecular weight is 461 g/mol. The number of aromatic amines is 1. The lowest BCUT2D eigenvalue weighted by Crippen LogP contribution is -2.43. The molecule has 0 radical (unpaired) electrons. The Bertz CT molecular complexity index is 1310. The largest absolute Gasteiger partial charge is 0.497 e. The van der Waals surface area contributed by atoms with Crippen LogP contribution < -0.4 is 20.5 Å². The molecule has 0 bridgehead atoms. The number of anilines is 1. The predicted molar refractivity (Wildman–Crippen MR) is 116 cm³/mol. The third-order valence-electron chi connectivity index (χ3n) is 5.45. The Morgan fingerprint density at radius 1 is 1.19 bits per heavy atom. The fourth-order valence-corrected chi connectivity index (χ4v) is 5.29. The molecule has 0 unspecified atom stereocenters. The number of carbonyl (C=O) groups excluding carboxylic acids is 1. The van der Waals surface area contributed by atoms with E-state index in [-0.39, 0.29) is 22.9 Å². The molecule has 4 rings (SSSR count). The summed E-state index contributed by atoms with van der Waals surface area (Å²) in [4.78, 5) is 26.7. The molecule has 1 atom stereocenters. The maximum absolute atomic E-state index is 13.2. The van der Waals surface area contributed by atoms with Crippen LogP contribution in [0.5, 0.6) is 11.5 Å². The minimum Gasteiger partial charge on any atom is -0.497 e. The molecule has 1 aliphatic rings. The van der Waals surface area contributed by atoms with Gasteiger partial charge in [0.15, 0.2) is 5.58 Å². The molecule has 1 aromatic heterocycles. The summed E-state index contributed by atoms with van der Waals surface area (Å²) < 4.78 is 43.1. The van der Waals surface area contributed by atoms with Gasteiger partial charge in [-0.1, -0.05) is 0 Å². The van der Waals surface area contributed by atoms with Gasteiger partial charge >= 0.3 is 5.76 Å². The van der Waals surface area contributed by atoms with Gasteiger partial charge in [0.05, 0.1) is 36.2 Å².